The molecule has 5 heteroatoms. The minimum Gasteiger partial charge on any atom is -0.325 e. The summed E-state index contributed by atoms with van der Waals surface area (Å²) in [6.07, 6.45) is 3.48. The molecule has 1 heterocycles. The van der Waals surface area contributed by atoms with Crippen molar-refractivity contribution >= 4 is 38.9 Å². The van der Waals surface area contributed by atoms with Crippen LogP contribution in [0.2, 0.25) is 0 Å². The van der Waals surface area contributed by atoms with Crippen LogP contribution in [0.5, 0.6) is 0 Å². The molecule has 0 spiro atoms. The second-order valence-electron chi connectivity index (χ2n) is 5.18. The van der Waals surface area contributed by atoms with Gasteiger partial charge in [-0.3, -0.25) is 4.79 Å². The third-order valence-electron chi connectivity index (χ3n) is 3.69. The molecule has 21 heavy (non-hydrogen) atoms. The summed E-state index contributed by atoms with van der Waals surface area (Å²) in [5.74, 6) is -0.000300. The van der Waals surface area contributed by atoms with Crippen molar-refractivity contribution in [2.24, 2.45) is 0 Å². The highest BCUT2D eigenvalue weighted by atomic mass is 79.9. The zero-order valence-electron chi connectivity index (χ0n) is 11.6. The van der Waals surface area contributed by atoms with Gasteiger partial charge in [-0.05, 0) is 60.5 Å². The highest BCUT2D eigenvalue weighted by Crippen LogP contribution is 2.33. The molecule has 1 aromatic heterocycles. The first-order valence-corrected chi connectivity index (χ1v) is 8.75. The lowest BCUT2D eigenvalue weighted by molar-refractivity contribution is -0.115. The van der Waals surface area contributed by atoms with Crippen LogP contribution in [0.1, 0.15) is 29.3 Å². The number of hydrogen-bond donors (Lipinski definition) is 2. The van der Waals surface area contributed by atoms with E-state index in [0.717, 1.165) is 16.6 Å². The predicted molar refractivity (Wildman–Crippen MR) is 90.8 cm³/mol. The smallest absolute Gasteiger partial charge is 0.238 e. The Balaban J connectivity index is 1.54. The maximum absolute atomic E-state index is 12.0. The van der Waals surface area contributed by atoms with Crippen molar-refractivity contribution in [1.82, 2.24) is 5.32 Å². The van der Waals surface area contributed by atoms with Crippen molar-refractivity contribution in [3.05, 3.63) is 50.6 Å². The van der Waals surface area contributed by atoms with Gasteiger partial charge in [-0.15, -0.1) is 11.3 Å². The fraction of sp³-hybridized carbons (Fsp3) is 0.312. The number of halogens is 1. The first kappa shape index (κ1) is 14.8. The topological polar surface area (TPSA) is 41.1 Å². The molecule has 0 fully saturated rings. The molecule has 1 aliphatic rings. The number of rotatable bonds is 4. The first-order chi connectivity index (χ1) is 10.2. The Bertz CT molecular complexity index is 623. The van der Waals surface area contributed by atoms with Gasteiger partial charge in [0.2, 0.25) is 5.91 Å². The molecule has 0 saturated heterocycles. The van der Waals surface area contributed by atoms with Crippen LogP contribution < -0.4 is 10.6 Å². The van der Waals surface area contributed by atoms with E-state index < -0.39 is 0 Å². The van der Waals surface area contributed by atoms with E-state index in [-0.39, 0.29) is 5.91 Å². The lowest BCUT2D eigenvalue weighted by Crippen LogP contribution is -2.32. The summed E-state index contributed by atoms with van der Waals surface area (Å²) < 4.78 is 1.01. The normalized spacial score (nSPS) is 17.3. The standard InChI is InChI=1S/C16H17BrN2OS/c17-11-4-6-12(7-5-11)19-16(20)10-18-14-2-1-3-15-13(14)8-9-21-15/h4-9,14,18H,1-3,10H2,(H,19,20). The van der Waals surface area contributed by atoms with Gasteiger partial charge in [-0.1, -0.05) is 15.9 Å². The number of amides is 1. The number of hydrogen-bond acceptors (Lipinski definition) is 3. The zero-order chi connectivity index (χ0) is 14.7. The van der Waals surface area contributed by atoms with Gasteiger partial charge in [-0.2, -0.15) is 0 Å². The van der Waals surface area contributed by atoms with Gasteiger partial charge in [0, 0.05) is 21.1 Å². The lowest BCUT2D eigenvalue weighted by Gasteiger charge is -2.23. The van der Waals surface area contributed by atoms with Crippen LogP contribution in [-0.2, 0) is 11.2 Å². The molecule has 1 aromatic carbocycles. The van der Waals surface area contributed by atoms with E-state index >= 15 is 0 Å². The Kier molecular flexibility index (Phi) is 4.73. The number of nitrogens with one attached hydrogen (secondary N) is 2. The van der Waals surface area contributed by atoms with E-state index in [4.69, 9.17) is 0 Å². The summed E-state index contributed by atoms with van der Waals surface area (Å²) in [7, 11) is 0. The molecule has 0 saturated carbocycles. The predicted octanol–water partition coefficient (Wildman–Crippen LogP) is 4.12. The Morgan fingerprint density at radius 3 is 2.90 bits per heavy atom. The van der Waals surface area contributed by atoms with E-state index in [9.17, 15) is 4.79 Å². The number of thiophene rings is 1. The van der Waals surface area contributed by atoms with Crippen LogP contribution in [0.15, 0.2) is 40.2 Å². The number of fused-ring (bicyclic) bond motifs is 1. The molecular formula is C16H17BrN2OS. The fourth-order valence-corrected chi connectivity index (χ4v) is 3.90. The average molecular weight is 365 g/mol. The van der Waals surface area contributed by atoms with Crippen LogP contribution >= 0.6 is 27.3 Å². The molecule has 0 aliphatic heterocycles. The van der Waals surface area contributed by atoms with Gasteiger partial charge in [0.05, 0.1) is 6.54 Å². The molecule has 3 rings (SSSR count). The molecule has 0 bridgehead atoms. The Labute approximate surface area is 136 Å². The van der Waals surface area contributed by atoms with Crippen molar-refractivity contribution in [3.63, 3.8) is 0 Å². The van der Waals surface area contributed by atoms with Gasteiger partial charge in [0.1, 0.15) is 0 Å². The molecule has 2 N–H and O–H groups in total. The summed E-state index contributed by atoms with van der Waals surface area (Å²) in [6.45, 7) is 0.343. The number of carbonyl (C=O) groups excluding carboxylic acids is 1. The van der Waals surface area contributed by atoms with Crippen molar-refractivity contribution in [1.29, 1.82) is 0 Å². The van der Waals surface area contributed by atoms with Crippen molar-refractivity contribution in [2.45, 2.75) is 25.3 Å². The maximum Gasteiger partial charge on any atom is 0.238 e. The molecule has 110 valence electrons. The highest BCUT2D eigenvalue weighted by Gasteiger charge is 2.21. The Morgan fingerprint density at radius 1 is 1.29 bits per heavy atom. The summed E-state index contributed by atoms with van der Waals surface area (Å²) in [4.78, 5) is 13.5. The van der Waals surface area contributed by atoms with Crippen LogP contribution in [-0.4, -0.2) is 12.5 Å². The van der Waals surface area contributed by atoms with E-state index in [1.165, 1.54) is 23.3 Å². The first-order valence-electron chi connectivity index (χ1n) is 7.07. The Hall–Kier alpha value is -1.17. The van der Waals surface area contributed by atoms with Crippen LogP contribution in [0.4, 0.5) is 5.69 Å². The molecule has 1 atom stereocenters. The quantitative estimate of drug-likeness (QED) is 0.856. The number of benzene rings is 1. The van der Waals surface area contributed by atoms with Crippen molar-refractivity contribution in [3.8, 4) is 0 Å². The minimum atomic E-state index is -0.000300. The molecule has 1 unspecified atom stereocenters. The van der Waals surface area contributed by atoms with E-state index in [1.54, 1.807) is 0 Å². The largest absolute Gasteiger partial charge is 0.325 e. The van der Waals surface area contributed by atoms with Crippen molar-refractivity contribution in [2.75, 3.05) is 11.9 Å². The van der Waals surface area contributed by atoms with E-state index in [2.05, 4.69) is 38.0 Å². The molecule has 1 aliphatic carbocycles. The van der Waals surface area contributed by atoms with Crippen LogP contribution in [0, 0.1) is 0 Å². The zero-order valence-corrected chi connectivity index (χ0v) is 14.0. The van der Waals surface area contributed by atoms with Gasteiger partial charge < -0.3 is 10.6 Å². The SMILES string of the molecule is O=C(CNC1CCCc2sccc21)Nc1ccc(Br)cc1. The molecule has 0 radical (unpaired) electrons. The molecular weight excluding hydrogens is 348 g/mol. The number of anilines is 1. The maximum atomic E-state index is 12.0. The Morgan fingerprint density at radius 2 is 2.10 bits per heavy atom. The average Bonchev–Trinajstić information content (AvgIpc) is 2.96. The summed E-state index contributed by atoms with van der Waals surface area (Å²) in [5.41, 5.74) is 2.20. The molecule has 2 aromatic rings. The van der Waals surface area contributed by atoms with Gasteiger partial charge in [0.25, 0.3) is 0 Å². The van der Waals surface area contributed by atoms with Gasteiger partial charge >= 0.3 is 0 Å². The number of carbonyl (C=O) groups is 1. The third-order valence-corrected chi connectivity index (χ3v) is 5.21. The van der Waals surface area contributed by atoms with Crippen LogP contribution in [0.25, 0.3) is 0 Å². The summed E-state index contributed by atoms with van der Waals surface area (Å²) in [5, 5.41) is 8.43. The monoisotopic (exact) mass is 364 g/mol. The fourth-order valence-electron chi connectivity index (χ4n) is 2.65. The second-order valence-corrected chi connectivity index (χ2v) is 7.10. The molecule has 3 nitrogen and oxygen atoms in total. The van der Waals surface area contributed by atoms with Crippen LogP contribution in [0.3, 0.4) is 0 Å². The molecule has 1 amide bonds. The lowest BCUT2D eigenvalue weighted by atomic mass is 9.94. The minimum absolute atomic E-state index is 0.000300. The highest BCUT2D eigenvalue weighted by molar-refractivity contribution is 9.10. The summed E-state index contributed by atoms with van der Waals surface area (Å²) >= 11 is 5.20. The summed E-state index contributed by atoms with van der Waals surface area (Å²) in [6, 6.07) is 10.1. The number of aryl methyl sites for hydroxylation is 1. The second kappa shape index (κ2) is 6.73. The van der Waals surface area contributed by atoms with Gasteiger partial charge in [0.15, 0.2) is 0 Å². The van der Waals surface area contributed by atoms with Gasteiger partial charge in [-0.25, -0.2) is 0 Å². The third kappa shape index (κ3) is 3.73. The van der Waals surface area contributed by atoms with E-state index in [1.807, 2.05) is 35.6 Å². The van der Waals surface area contributed by atoms with E-state index in [0.29, 0.717) is 12.6 Å². The van der Waals surface area contributed by atoms with Crippen molar-refractivity contribution < 1.29 is 4.79 Å².